The van der Waals surface area contributed by atoms with Gasteiger partial charge in [0, 0.05) is 18.3 Å². The Morgan fingerprint density at radius 3 is 2.44 bits per heavy atom. The molecule has 134 valence electrons. The zero-order chi connectivity index (χ0) is 18.4. The van der Waals surface area contributed by atoms with Crippen LogP contribution in [-0.4, -0.2) is 25.5 Å². The van der Waals surface area contributed by atoms with Crippen molar-refractivity contribution in [3.63, 3.8) is 0 Å². The summed E-state index contributed by atoms with van der Waals surface area (Å²) in [4.78, 5) is 11.1. The van der Waals surface area contributed by atoms with Gasteiger partial charge >= 0.3 is 5.97 Å². The van der Waals surface area contributed by atoms with Crippen LogP contribution < -0.4 is 10.0 Å². The molecule has 0 spiro atoms. The molecule has 0 saturated carbocycles. The molecule has 6 nitrogen and oxygen atoms in total. The Hall–Kier alpha value is -2.38. The number of nitrogens with one attached hydrogen (secondary N) is 2. The van der Waals surface area contributed by atoms with Crippen LogP contribution in [0, 0.1) is 0 Å². The molecule has 0 aliphatic heterocycles. The van der Waals surface area contributed by atoms with E-state index >= 15 is 0 Å². The van der Waals surface area contributed by atoms with Crippen molar-refractivity contribution in [3.8, 4) is 0 Å². The van der Waals surface area contributed by atoms with E-state index in [0.717, 1.165) is 5.56 Å². The van der Waals surface area contributed by atoms with Crippen LogP contribution in [0.5, 0.6) is 0 Å². The first-order valence-corrected chi connectivity index (χ1v) is 9.48. The van der Waals surface area contributed by atoms with Gasteiger partial charge in [-0.3, -0.25) is 0 Å². The maximum Gasteiger partial charge on any atom is 0.335 e. The molecule has 3 N–H and O–H groups in total. The van der Waals surface area contributed by atoms with Gasteiger partial charge in [0.15, 0.2) is 0 Å². The van der Waals surface area contributed by atoms with E-state index in [1.807, 2.05) is 13.8 Å². The van der Waals surface area contributed by atoms with E-state index in [1.54, 1.807) is 36.4 Å². The minimum absolute atomic E-state index is 0.130. The predicted molar refractivity (Wildman–Crippen MR) is 97.2 cm³/mol. The van der Waals surface area contributed by atoms with Gasteiger partial charge < -0.3 is 10.4 Å². The molecule has 0 heterocycles. The highest BCUT2D eigenvalue weighted by atomic mass is 32.2. The molecule has 7 heteroatoms. The molecule has 0 fully saturated rings. The SMILES string of the molecule is CCC(C)NS(=O)(=O)c1cccc(NCc2ccc(C(=O)O)cc2)c1. The number of aromatic carboxylic acids is 1. The average Bonchev–Trinajstić information content (AvgIpc) is 2.60. The Morgan fingerprint density at radius 2 is 1.84 bits per heavy atom. The van der Waals surface area contributed by atoms with Gasteiger partial charge in [-0.15, -0.1) is 0 Å². The van der Waals surface area contributed by atoms with Crippen LogP contribution in [0.2, 0.25) is 0 Å². The summed E-state index contributed by atoms with van der Waals surface area (Å²) in [6.45, 7) is 4.20. The van der Waals surface area contributed by atoms with Gasteiger partial charge in [0.2, 0.25) is 10.0 Å². The molecule has 0 radical (unpaired) electrons. The molecule has 2 aromatic carbocycles. The van der Waals surface area contributed by atoms with Gasteiger partial charge in [0.05, 0.1) is 10.5 Å². The van der Waals surface area contributed by atoms with Gasteiger partial charge in [-0.2, -0.15) is 0 Å². The molecule has 0 aromatic heterocycles. The number of sulfonamides is 1. The van der Waals surface area contributed by atoms with Crippen LogP contribution >= 0.6 is 0 Å². The van der Waals surface area contributed by atoms with E-state index in [0.29, 0.717) is 18.7 Å². The summed E-state index contributed by atoms with van der Waals surface area (Å²) in [6, 6.07) is 13.0. The van der Waals surface area contributed by atoms with Crippen molar-refractivity contribution in [3.05, 3.63) is 59.7 Å². The Labute approximate surface area is 147 Å². The summed E-state index contributed by atoms with van der Waals surface area (Å²) >= 11 is 0. The second-order valence-corrected chi connectivity index (χ2v) is 7.53. The monoisotopic (exact) mass is 362 g/mol. The molecule has 2 aromatic rings. The van der Waals surface area contributed by atoms with E-state index in [1.165, 1.54) is 12.1 Å². The molecule has 1 atom stereocenters. The lowest BCUT2D eigenvalue weighted by Gasteiger charge is -2.13. The number of carboxylic acids is 1. The topological polar surface area (TPSA) is 95.5 Å². The fourth-order valence-corrected chi connectivity index (χ4v) is 3.53. The standard InChI is InChI=1S/C18H22N2O4S/c1-3-13(2)20-25(23,24)17-6-4-5-16(11-17)19-12-14-7-9-15(10-8-14)18(21)22/h4-11,13,19-20H,3,12H2,1-2H3,(H,21,22). The highest BCUT2D eigenvalue weighted by Crippen LogP contribution is 2.17. The van der Waals surface area contributed by atoms with E-state index in [2.05, 4.69) is 10.0 Å². The average molecular weight is 362 g/mol. The molecule has 0 aliphatic carbocycles. The van der Waals surface area contributed by atoms with Crippen LogP contribution in [0.4, 0.5) is 5.69 Å². The number of benzene rings is 2. The second-order valence-electron chi connectivity index (χ2n) is 5.81. The third-order valence-electron chi connectivity index (χ3n) is 3.81. The lowest BCUT2D eigenvalue weighted by molar-refractivity contribution is 0.0697. The van der Waals surface area contributed by atoms with E-state index in [4.69, 9.17) is 5.11 Å². The smallest absolute Gasteiger partial charge is 0.335 e. The quantitative estimate of drug-likeness (QED) is 0.671. The first-order chi connectivity index (χ1) is 11.8. The summed E-state index contributed by atoms with van der Waals surface area (Å²) in [5.41, 5.74) is 1.80. The summed E-state index contributed by atoms with van der Waals surface area (Å²) in [7, 11) is -3.55. The van der Waals surface area contributed by atoms with Crippen molar-refractivity contribution in [2.45, 2.75) is 37.8 Å². The third kappa shape index (κ3) is 5.30. The number of carbonyl (C=O) groups is 1. The predicted octanol–water partition coefficient (Wildman–Crippen LogP) is 3.07. The largest absolute Gasteiger partial charge is 0.478 e. The van der Waals surface area contributed by atoms with E-state index < -0.39 is 16.0 Å². The van der Waals surface area contributed by atoms with E-state index in [9.17, 15) is 13.2 Å². The number of carboxylic acid groups (broad SMARTS) is 1. The van der Waals surface area contributed by atoms with Gasteiger partial charge in [-0.25, -0.2) is 17.9 Å². The number of rotatable bonds is 8. The van der Waals surface area contributed by atoms with Crippen molar-refractivity contribution in [2.75, 3.05) is 5.32 Å². The number of anilines is 1. The third-order valence-corrected chi connectivity index (χ3v) is 5.40. The first-order valence-electron chi connectivity index (χ1n) is 8.00. The van der Waals surface area contributed by atoms with Crippen molar-refractivity contribution >= 4 is 21.7 Å². The second kappa shape index (κ2) is 8.13. The minimum atomic E-state index is -3.55. The fourth-order valence-electron chi connectivity index (χ4n) is 2.16. The fraction of sp³-hybridized carbons (Fsp3) is 0.278. The lowest BCUT2D eigenvalue weighted by atomic mass is 10.1. The van der Waals surface area contributed by atoms with E-state index in [-0.39, 0.29) is 16.5 Å². The first kappa shape index (κ1) is 19.0. The van der Waals surface area contributed by atoms with Crippen LogP contribution in [0.1, 0.15) is 36.2 Å². The van der Waals surface area contributed by atoms with Crippen LogP contribution in [-0.2, 0) is 16.6 Å². The maximum atomic E-state index is 12.3. The maximum absolute atomic E-state index is 12.3. The lowest BCUT2D eigenvalue weighted by Crippen LogP contribution is -2.32. The van der Waals surface area contributed by atoms with Gasteiger partial charge in [-0.05, 0) is 49.2 Å². The molecule has 0 bridgehead atoms. The highest BCUT2D eigenvalue weighted by molar-refractivity contribution is 7.89. The minimum Gasteiger partial charge on any atom is -0.478 e. The number of hydrogen-bond acceptors (Lipinski definition) is 4. The van der Waals surface area contributed by atoms with Gasteiger partial charge in [-0.1, -0.05) is 25.1 Å². The summed E-state index contributed by atoms with van der Waals surface area (Å²) in [5, 5.41) is 12.0. The number of hydrogen-bond donors (Lipinski definition) is 3. The molecule has 0 saturated heterocycles. The van der Waals surface area contributed by atoms with Crippen molar-refractivity contribution in [2.24, 2.45) is 0 Å². The van der Waals surface area contributed by atoms with Crippen LogP contribution in [0.3, 0.4) is 0 Å². The van der Waals surface area contributed by atoms with Crippen LogP contribution in [0.15, 0.2) is 53.4 Å². The summed E-state index contributed by atoms with van der Waals surface area (Å²) < 4.78 is 27.3. The van der Waals surface area contributed by atoms with Gasteiger partial charge in [0.1, 0.15) is 0 Å². The normalized spacial score (nSPS) is 12.6. The Balaban J connectivity index is 2.07. The molecule has 25 heavy (non-hydrogen) atoms. The molecule has 0 amide bonds. The van der Waals surface area contributed by atoms with Gasteiger partial charge in [0.25, 0.3) is 0 Å². The van der Waals surface area contributed by atoms with Crippen molar-refractivity contribution in [1.29, 1.82) is 0 Å². The zero-order valence-electron chi connectivity index (χ0n) is 14.2. The molecular weight excluding hydrogens is 340 g/mol. The molecule has 0 aliphatic rings. The Kier molecular flexibility index (Phi) is 6.17. The highest BCUT2D eigenvalue weighted by Gasteiger charge is 2.16. The van der Waals surface area contributed by atoms with Crippen molar-refractivity contribution < 1.29 is 18.3 Å². The molecule has 2 rings (SSSR count). The Bertz CT molecular complexity index is 832. The zero-order valence-corrected chi connectivity index (χ0v) is 15.0. The summed E-state index contributed by atoms with van der Waals surface area (Å²) in [6.07, 6.45) is 0.712. The molecule has 1 unspecified atom stereocenters. The Morgan fingerprint density at radius 1 is 1.16 bits per heavy atom. The summed E-state index contributed by atoms with van der Waals surface area (Å²) in [5.74, 6) is -0.966. The molecular formula is C18H22N2O4S. The van der Waals surface area contributed by atoms with Crippen molar-refractivity contribution in [1.82, 2.24) is 4.72 Å². The van der Waals surface area contributed by atoms with Crippen LogP contribution in [0.25, 0.3) is 0 Å².